The summed E-state index contributed by atoms with van der Waals surface area (Å²) in [5.41, 5.74) is 1.38. The maximum absolute atomic E-state index is 4.65. The molecule has 1 aliphatic rings. The molecule has 1 aliphatic heterocycles. The van der Waals surface area contributed by atoms with Crippen LogP contribution in [-0.2, 0) is 0 Å². The zero-order valence-corrected chi connectivity index (χ0v) is 13.0. The lowest BCUT2D eigenvalue weighted by molar-refractivity contribution is 0.0596. The van der Waals surface area contributed by atoms with Crippen LogP contribution >= 0.6 is 11.3 Å². The van der Waals surface area contributed by atoms with E-state index in [1.165, 1.54) is 11.4 Å². The molecule has 2 heterocycles. The first kappa shape index (κ1) is 14.0. The van der Waals surface area contributed by atoms with Crippen molar-refractivity contribution in [2.24, 2.45) is 0 Å². The van der Waals surface area contributed by atoms with Gasteiger partial charge in [-0.15, -0.1) is 11.3 Å². The number of nitrogens with one attached hydrogen (secondary N) is 1. The summed E-state index contributed by atoms with van der Waals surface area (Å²) in [6.07, 6.45) is 1.17. The minimum Gasteiger partial charge on any atom is -0.309 e. The van der Waals surface area contributed by atoms with Gasteiger partial charge in [0.05, 0.1) is 6.04 Å². The summed E-state index contributed by atoms with van der Waals surface area (Å²) in [6.45, 7) is 13.4. The SMILES string of the molecule is CCC1(C)CN(C(C)c2nc(C)cs2)C(C)CN1. The quantitative estimate of drug-likeness (QED) is 0.912. The number of aryl methyl sites for hydroxylation is 1. The highest BCUT2D eigenvalue weighted by atomic mass is 32.1. The van der Waals surface area contributed by atoms with Crippen molar-refractivity contribution in [3.63, 3.8) is 0 Å². The van der Waals surface area contributed by atoms with Gasteiger partial charge in [0.15, 0.2) is 0 Å². The van der Waals surface area contributed by atoms with Gasteiger partial charge in [-0.05, 0) is 34.1 Å². The molecule has 1 N–H and O–H groups in total. The fraction of sp³-hybridized carbons (Fsp3) is 0.786. The van der Waals surface area contributed by atoms with Gasteiger partial charge in [-0.3, -0.25) is 4.90 Å². The van der Waals surface area contributed by atoms with Crippen molar-refractivity contribution in [2.45, 2.75) is 58.7 Å². The van der Waals surface area contributed by atoms with E-state index >= 15 is 0 Å². The Balaban J connectivity index is 2.15. The fourth-order valence-electron chi connectivity index (χ4n) is 2.59. The van der Waals surface area contributed by atoms with E-state index in [1.54, 1.807) is 11.3 Å². The maximum atomic E-state index is 4.65. The molecular weight excluding hydrogens is 242 g/mol. The zero-order chi connectivity index (χ0) is 13.3. The van der Waals surface area contributed by atoms with E-state index in [0.29, 0.717) is 12.1 Å². The number of rotatable bonds is 3. The second-order valence-corrected chi connectivity index (χ2v) is 6.71. The van der Waals surface area contributed by atoms with Crippen LogP contribution in [0.5, 0.6) is 0 Å². The van der Waals surface area contributed by atoms with Gasteiger partial charge in [0.25, 0.3) is 0 Å². The molecule has 0 amide bonds. The van der Waals surface area contributed by atoms with E-state index in [4.69, 9.17) is 0 Å². The van der Waals surface area contributed by atoms with Gasteiger partial charge in [-0.25, -0.2) is 4.98 Å². The van der Waals surface area contributed by atoms with Crippen LogP contribution in [0.3, 0.4) is 0 Å². The van der Waals surface area contributed by atoms with E-state index in [1.807, 2.05) is 0 Å². The lowest BCUT2D eigenvalue weighted by Crippen LogP contribution is -2.62. The normalized spacial score (nSPS) is 31.5. The topological polar surface area (TPSA) is 28.2 Å². The van der Waals surface area contributed by atoms with E-state index in [-0.39, 0.29) is 5.54 Å². The Hall–Kier alpha value is -0.450. The molecule has 4 heteroatoms. The minimum absolute atomic E-state index is 0.243. The van der Waals surface area contributed by atoms with Crippen molar-refractivity contribution < 1.29 is 0 Å². The molecule has 1 aromatic rings. The maximum Gasteiger partial charge on any atom is 0.110 e. The third-order valence-corrected chi connectivity index (χ3v) is 5.33. The summed E-state index contributed by atoms with van der Waals surface area (Å²) in [5, 5.41) is 7.08. The molecule has 3 unspecified atom stereocenters. The first-order chi connectivity index (χ1) is 8.45. The van der Waals surface area contributed by atoms with Crippen LogP contribution in [-0.4, -0.2) is 34.6 Å². The number of thiazole rings is 1. The monoisotopic (exact) mass is 267 g/mol. The van der Waals surface area contributed by atoms with Crippen LogP contribution in [0, 0.1) is 6.92 Å². The van der Waals surface area contributed by atoms with E-state index < -0.39 is 0 Å². The van der Waals surface area contributed by atoms with Gasteiger partial charge in [-0.2, -0.15) is 0 Å². The van der Waals surface area contributed by atoms with Gasteiger partial charge < -0.3 is 5.32 Å². The van der Waals surface area contributed by atoms with Crippen LogP contribution < -0.4 is 5.32 Å². The van der Waals surface area contributed by atoms with Crippen molar-refractivity contribution in [2.75, 3.05) is 13.1 Å². The first-order valence-electron chi connectivity index (χ1n) is 6.88. The summed E-state index contributed by atoms with van der Waals surface area (Å²) < 4.78 is 0. The molecule has 0 aliphatic carbocycles. The van der Waals surface area contributed by atoms with Crippen molar-refractivity contribution in [1.29, 1.82) is 0 Å². The Morgan fingerprint density at radius 1 is 1.67 bits per heavy atom. The Morgan fingerprint density at radius 3 is 2.94 bits per heavy atom. The Kier molecular flexibility index (Phi) is 4.09. The largest absolute Gasteiger partial charge is 0.309 e. The van der Waals surface area contributed by atoms with Gasteiger partial charge in [0, 0.05) is 35.7 Å². The van der Waals surface area contributed by atoms with Gasteiger partial charge >= 0.3 is 0 Å². The average molecular weight is 267 g/mol. The Morgan fingerprint density at radius 2 is 2.39 bits per heavy atom. The molecule has 2 rings (SSSR count). The fourth-order valence-corrected chi connectivity index (χ4v) is 3.46. The van der Waals surface area contributed by atoms with Crippen LogP contribution in [0.2, 0.25) is 0 Å². The minimum atomic E-state index is 0.243. The second kappa shape index (κ2) is 5.27. The number of hydrogen-bond acceptors (Lipinski definition) is 4. The van der Waals surface area contributed by atoms with Crippen molar-refractivity contribution in [3.05, 3.63) is 16.1 Å². The second-order valence-electron chi connectivity index (χ2n) is 5.82. The molecular formula is C14H25N3S. The van der Waals surface area contributed by atoms with Crippen LogP contribution in [0.25, 0.3) is 0 Å². The molecule has 0 radical (unpaired) electrons. The van der Waals surface area contributed by atoms with Crippen LogP contribution in [0.15, 0.2) is 5.38 Å². The summed E-state index contributed by atoms with van der Waals surface area (Å²) in [6, 6.07) is 0.996. The lowest BCUT2D eigenvalue weighted by atomic mass is 9.93. The third-order valence-electron chi connectivity index (χ3n) is 4.19. The molecule has 1 aromatic heterocycles. The van der Waals surface area contributed by atoms with E-state index in [9.17, 15) is 0 Å². The van der Waals surface area contributed by atoms with Crippen molar-refractivity contribution in [3.8, 4) is 0 Å². The number of hydrogen-bond donors (Lipinski definition) is 1. The predicted octanol–water partition coefficient (Wildman–Crippen LogP) is 2.97. The summed E-state index contributed by atoms with van der Waals surface area (Å²) in [7, 11) is 0. The molecule has 3 atom stereocenters. The molecule has 0 spiro atoms. The highest BCUT2D eigenvalue weighted by molar-refractivity contribution is 7.09. The highest BCUT2D eigenvalue weighted by Gasteiger charge is 2.35. The molecule has 0 saturated carbocycles. The molecule has 0 bridgehead atoms. The highest BCUT2D eigenvalue weighted by Crippen LogP contribution is 2.30. The van der Waals surface area contributed by atoms with Crippen LogP contribution in [0.4, 0.5) is 0 Å². The average Bonchev–Trinajstić information content (AvgIpc) is 2.78. The molecule has 0 aromatic carbocycles. The lowest BCUT2D eigenvalue weighted by Gasteiger charge is -2.47. The number of nitrogens with zero attached hydrogens (tertiary/aromatic N) is 2. The molecule has 3 nitrogen and oxygen atoms in total. The molecule has 1 fully saturated rings. The molecule has 102 valence electrons. The zero-order valence-electron chi connectivity index (χ0n) is 12.2. The van der Waals surface area contributed by atoms with E-state index in [2.05, 4.69) is 55.2 Å². The standard InChI is InChI=1S/C14H25N3S/c1-6-14(5)9-17(11(3)7-15-14)12(4)13-16-10(2)8-18-13/h8,11-12,15H,6-7,9H2,1-5H3. The summed E-state index contributed by atoms with van der Waals surface area (Å²) >= 11 is 1.79. The van der Waals surface area contributed by atoms with Gasteiger partial charge in [0.1, 0.15) is 5.01 Å². The number of piperazine rings is 1. The van der Waals surface area contributed by atoms with Crippen molar-refractivity contribution in [1.82, 2.24) is 15.2 Å². The Bertz CT molecular complexity index is 403. The Labute approximate surface area is 115 Å². The molecule has 1 saturated heterocycles. The summed E-state index contributed by atoms with van der Waals surface area (Å²) in [5.74, 6) is 0. The van der Waals surface area contributed by atoms with Crippen LogP contribution in [0.1, 0.15) is 50.9 Å². The number of aromatic nitrogens is 1. The smallest absolute Gasteiger partial charge is 0.110 e. The van der Waals surface area contributed by atoms with Gasteiger partial charge in [0.2, 0.25) is 0 Å². The van der Waals surface area contributed by atoms with Gasteiger partial charge in [-0.1, -0.05) is 6.92 Å². The van der Waals surface area contributed by atoms with E-state index in [0.717, 1.165) is 18.8 Å². The predicted molar refractivity (Wildman–Crippen MR) is 78.1 cm³/mol. The summed E-state index contributed by atoms with van der Waals surface area (Å²) in [4.78, 5) is 7.25. The van der Waals surface area contributed by atoms with Crippen molar-refractivity contribution >= 4 is 11.3 Å². The molecule has 18 heavy (non-hydrogen) atoms. The first-order valence-corrected chi connectivity index (χ1v) is 7.76. The third kappa shape index (κ3) is 2.76.